The number of hydrogen-bond acceptors (Lipinski definition) is 2. The Balaban J connectivity index is 2.47. The molecule has 0 unspecified atom stereocenters. The van der Waals surface area contributed by atoms with Gasteiger partial charge in [0.15, 0.2) is 0 Å². The first-order chi connectivity index (χ1) is 10.1. The van der Waals surface area contributed by atoms with Crippen molar-refractivity contribution in [2.75, 3.05) is 0 Å². The van der Waals surface area contributed by atoms with Crippen molar-refractivity contribution in [3.8, 4) is 17.2 Å². The topological polar surface area (TPSA) is 29.5 Å². The lowest BCUT2D eigenvalue weighted by molar-refractivity contribution is 0.441. The molecule has 2 nitrogen and oxygen atoms in total. The number of ether oxygens (including phenoxy) is 1. The van der Waals surface area contributed by atoms with E-state index in [1.54, 1.807) is 18.2 Å². The second kappa shape index (κ2) is 5.68. The highest BCUT2D eigenvalue weighted by molar-refractivity contribution is 5.46. The van der Waals surface area contributed by atoms with Crippen LogP contribution < -0.4 is 4.74 Å². The van der Waals surface area contributed by atoms with E-state index in [2.05, 4.69) is 53.7 Å². The van der Waals surface area contributed by atoms with Crippen LogP contribution in [0.2, 0.25) is 0 Å². The average Bonchev–Trinajstić information content (AvgIpc) is 2.36. The summed E-state index contributed by atoms with van der Waals surface area (Å²) in [5.74, 6) is 1.70. The summed E-state index contributed by atoms with van der Waals surface area (Å²) in [6.45, 7) is 13.2. The number of hydrogen-bond donors (Lipinski definition) is 1. The third kappa shape index (κ3) is 3.82. The SMILES string of the molecule is CC(C)(C)c1ccc(Oc2cccc(O)c2)c(C(C)(C)C)c1. The Labute approximate surface area is 133 Å². The van der Waals surface area contributed by atoms with Gasteiger partial charge in [0, 0.05) is 11.6 Å². The molecule has 2 heteroatoms. The highest BCUT2D eigenvalue weighted by Crippen LogP contribution is 2.37. The fourth-order valence-electron chi connectivity index (χ4n) is 2.35. The van der Waals surface area contributed by atoms with E-state index in [9.17, 15) is 5.11 Å². The zero-order chi connectivity index (χ0) is 16.5. The Morgan fingerprint density at radius 1 is 0.818 bits per heavy atom. The van der Waals surface area contributed by atoms with E-state index in [0.717, 1.165) is 5.75 Å². The Kier molecular flexibility index (Phi) is 4.23. The molecule has 0 saturated carbocycles. The van der Waals surface area contributed by atoms with Gasteiger partial charge in [0.2, 0.25) is 0 Å². The van der Waals surface area contributed by atoms with Crippen LogP contribution in [0.25, 0.3) is 0 Å². The minimum atomic E-state index is -0.0204. The summed E-state index contributed by atoms with van der Waals surface area (Å²) < 4.78 is 6.02. The fraction of sp³-hybridized carbons (Fsp3) is 0.400. The molecule has 0 radical (unpaired) electrons. The molecule has 1 N–H and O–H groups in total. The van der Waals surface area contributed by atoms with E-state index in [0.29, 0.717) is 5.75 Å². The van der Waals surface area contributed by atoms with Gasteiger partial charge in [-0.1, -0.05) is 59.7 Å². The van der Waals surface area contributed by atoms with Crippen molar-refractivity contribution in [3.63, 3.8) is 0 Å². The predicted molar refractivity (Wildman–Crippen MR) is 92.0 cm³/mol. The highest BCUT2D eigenvalue weighted by atomic mass is 16.5. The smallest absolute Gasteiger partial charge is 0.131 e. The summed E-state index contributed by atoms with van der Waals surface area (Å²) in [7, 11) is 0. The lowest BCUT2D eigenvalue weighted by Gasteiger charge is -2.27. The molecule has 2 aromatic carbocycles. The van der Waals surface area contributed by atoms with Crippen LogP contribution in [0.5, 0.6) is 17.2 Å². The lowest BCUT2D eigenvalue weighted by Crippen LogP contribution is -2.17. The number of phenolic OH excluding ortho intramolecular Hbond substituents is 1. The third-order valence-corrected chi connectivity index (χ3v) is 3.70. The standard InChI is InChI=1S/C20H26O2/c1-19(2,3)14-10-11-18(17(12-14)20(4,5)6)22-16-9-7-8-15(21)13-16/h7-13,21H,1-6H3. The molecule has 0 aromatic heterocycles. The summed E-state index contributed by atoms with van der Waals surface area (Å²) in [6.07, 6.45) is 0. The van der Waals surface area contributed by atoms with Crippen molar-refractivity contribution in [3.05, 3.63) is 53.6 Å². The number of aromatic hydroxyl groups is 1. The van der Waals surface area contributed by atoms with E-state index >= 15 is 0 Å². The van der Waals surface area contributed by atoms with E-state index in [1.165, 1.54) is 11.1 Å². The van der Waals surface area contributed by atoms with Gasteiger partial charge in [-0.15, -0.1) is 0 Å². The molecule has 0 saturated heterocycles. The van der Waals surface area contributed by atoms with Crippen molar-refractivity contribution in [2.24, 2.45) is 0 Å². The molecule has 0 aliphatic rings. The van der Waals surface area contributed by atoms with Crippen molar-refractivity contribution in [1.29, 1.82) is 0 Å². The molecule has 2 aromatic rings. The van der Waals surface area contributed by atoms with Crippen LogP contribution in [0, 0.1) is 0 Å². The summed E-state index contributed by atoms with van der Waals surface area (Å²) in [6, 6.07) is 13.3. The summed E-state index contributed by atoms with van der Waals surface area (Å²) >= 11 is 0. The molecule has 22 heavy (non-hydrogen) atoms. The quantitative estimate of drug-likeness (QED) is 0.761. The molecule has 0 amide bonds. The van der Waals surface area contributed by atoms with Gasteiger partial charge in [-0.25, -0.2) is 0 Å². The van der Waals surface area contributed by atoms with Crippen LogP contribution in [-0.2, 0) is 10.8 Å². The minimum absolute atomic E-state index is 0.0204. The van der Waals surface area contributed by atoms with Crippen LogP contribution in [-0.4, -0.2) is 5.11 Å². The second-order valence-corrected chi connectivity index (χ2v) is 7.81. The van der Waals surface area contributed by atoms with Crippen molar-refractivity contribution in [1.82, 2.24) is 0 Å². The molecule has 0 fully saturated rings. The van der Waals surface area contributed by atoms with Crippen molar-refractivity contribution in [2.45, 2.75) is 52.4 Å². The Morgan fingerprint density at radius 2 is 1.50 bits per heavy atom. The highest BCUT2D eigenvalue weighted by Gasteiger charge is 2.23. The largest absolute Gasteiger partial charge is 0.508 e. The van der Waals surface area contributed by atoms with Crippen molar-refractivity contribution >= 4 is 0 Å². The van der Waals surface area contributed by atoms with Gasteiger partial charge in [-0.3, -0.25) is 0 Å². The zero-order valence-electron chi connectivity index (χ0n) is 14.4. The Morgan fingerprint density at radius 3 is 2.05 bits per heavy atom. The Hall–Kier alpha value is -1.96. The first-order valence-electron chi connectivity index (χ1n) is 7.69. The maximum absolute atomic E-state index is 9.59. The molecular formula is C20H26O2. The van der Waals surface area contributed by atoms with Gasteiger partial charge in [-0.2, -0.15) is 0 Å². The summed E-state index contributed by atoms with van der Waals surface area (Å²) in [5.41, 5.74) is 2.54. The average molecular weight is 298 g/mol. The molecular weight excluding hydrogens is 272 g/mol. The maximum atomic E-state index is 9.59. The lowest BCUT2D eigenvalue weighted by atomic mass is 9.80. The predicted octanol–water partition coefficient (Wildman–Crippen LogP) is 5.78. The molecule has 118 valence electrons. The molecule has 0 aliphatic heterocycles. The van der Waals surface area contributed by atoms with Crippen LogP contribution in [0.1, 0.15) is 52.7 Å². The number of phenols is 1. The molecule has 2 rings (SSSR count). The van der Waals surface area contributed by atoms with E-state index < -0.39 is 0 Å². The molecule has 0 atom stereocenters. The molecule has 0 aliphatic carbocycles. The molecule has 0 spiro atoms. The van der Waals surface area contributed by atoms with Gasteiger partial charge in [0.05, 0.1) is 0 Å². The van der Waals surface area contributed by atoms with E-state index in [1.807, 2.05) is 12.1 Å². The number of benzene rings is 2. The minimum Gasteiger partial charge on any atom is -0.508 e. The third-order valence-electron chi connectivity index (χ3n) is 3.70. The second-order valence-electron chi connectivity index (χ2n) is 7.81. The first kappa shape index (κ1) is 16.4. The summed E-state index contributed by atoms with van der Waals surface area (Å²) in [4.78, 5) is 0. The van der Waals surface area contributed by atoms with Gasteiger partial charge in [-0.05, 0) is 34.6 Å². The molecule has 0 bridgehead atoms. The molecule has 0 heterocycles. The van der Waals surface area contributed by atoms with Crippen LogP contribution in [0.4, 0.5) is 0 Å². The fourth-order valence-corrected chi connectivity index (χ4v) is 2.35. The monoisotopic (exact) mass is 298 g/mol. The van der Waals surface area contributed by atoms with Crippen LogP contribution >= 0.6 is 0 Å². The Bertz CT molecular complexity index is 658. The zero-order valence-corrected chi connectivity index (χ0v) is 14.4. The van der Waals surface area contributed by atoms with Crippen molar-refractivity contribution < 1.29 is 9.84 Å². The van der Waals surface area contributed by atoms with Gasteiger partial charge >= 0.3 is 0 Å². The number of rotatable bonds is 2. The first-order valence-corrected chi connectivity index (χ1v) is 7.69. The summed E-state index contributed by atoms with van der Waals surface area (Å²) in [5, 5.41) is 9.59. The van der Waals surface area contributed by atoms with Crippen LogP contribution in [0.15, 0.2) is 42.5 Å². The normalized spacial score (nSPS) is 12.3. The van der Waals surface area contributed by atoms with Gasteiger partial charge in [0.25, 0.3) is 0 Å². The van der Waals surface area contributed by atoms with Gasteiger partial charge in [0.1, 0.15) is 17.2 Å². The van der Waals surface area contributed by atoms with Crippen LogP contribution in [0.3, 0.4) is 0 Å². The maximum Gasteiger partial charge on any atom is 0.131 e. The van der Waals surface area contributed by atoms with Gasteiger partial charge < -0.3 is 9.84 Å². The van der Waals surface area contributed by atoms with E-state index in [-0.39, 0.29) is 16.6 Å². The van der Waals surface area contributed by atoms with E-state index in [4.69, 9.17) is 4.74 Å².